The van der Waals surface area contributed by atoms with Crippen molar-refractivity contribution < 1.29 is 14.3 Å². The zero-order valence-corrected chi connectivity index (χ0v) is 15.5. The first kappa shape index (κ1) is 19.1. The molecule has 1 amide bonds. The van der Waals surface area contributed by atoms with Crippen LogP contribution in [-0.4, -0.2) is 62.4 Å². The summed E-state index contributed by atoms with van der Waals surface area (Å²) in [7, 11) is 1.64. The fourth-order valence-electron chi connectivity index (χ4n) is 2.81. The lowest BCUT2D eigenvalue weighted by molar-refractivity contribution is 0.0948. The minimum absolute atomic E-state index is 0.189. The van der Waals surface area contributed by atoms with Gasteiger partial charge in [0.15, 0.2) is 0 Å². The van der Waals surface area contributed by atoms with E-state index in [1.165, 1.54) is 12.4 Å². The molecule has 1 aliphatic heterocycles. The van der Waals surface area contributed by atoms with Crippen molar-refractivity contribution in [2.45, 2.75) is 6.42 Å². The lowest BCUT2D eigenvalue weighted by Gasteiger charge is -2.30. The van der Waals surface area contributed by atoms with E-state index in [0.717, 1.165) is 44.1 Å². The summed E-state index contributed by atoms with van der Waals surface area (Å²) in [5, 5.41) is 6.06. The number of ether oxygens (including phenoxy) is 2. The molecule has 1 aromatic carbocycles. The molecular formula is C19H25N5O3. The second-order valence-corrected chi connectivity index (χ2v) is 6.14. The highest BCUT2D eigenvalue weighted by Crippen LogP contribution is 2.28. The molecule has 0 unspecified atom stereocenters. The number of para-hydroxylation sites is 2. The number of benzene rings is 1. The highest BCUT2D eigenvalue weighted by atomic mass is 16.5. The summed E-state index contributed by atoms with van der Waals surface area (Å²) in [5.74, 6) is 0.262. The predicted octanol–water partition coefficient (Wildman–Crippen LogP) is 1.82. The molecule has 27 heavy (non-hydrogen) atoms. The van der Waals surface area contributed by atoms with Gasteiger partial charge in [-0.05, 0) is 18.6 Å². The van der Waals surface area contributed by atoms with Gasteiger partial charge in [-0.15, -0.1) is 0 Å². The lowest BCUT2D eigenvalue weighted by atomic mass is 10.2. The molecule has 0 saturated carbocycles. The van der Waals surface area contributed by atoms with Crippen LogP contribution in [0.25, 0.3) is 0 Å². The van der Waals surface area contributed by atoms with Gasteiger partial charge >= 0.3 is 0 Å². The van der Waals surface area contributed by atoms with E-state index in [1.807, 2.05) is 18.2 Å². The first-order chi connectivity index (χ1) is 13.3. The molecule has 8 nitrogen and oxygen atoms in total. The standard InChI is InChI=1S/C19H25N5O3/c1-26-10-4-7-20-18(25)15-13-21-19(22-14-15)23-16-5-2-3-6-17(16)24-8-11-27-12-9-24/h2-3,5-6,13-14H,4,7-12H2,1H3,(H,20,25)(H,21,22,23). The van der Waals surface area contributed by atoms with Crippen LogP contribution in [0.15, 0.2) is 36.7 Å². The number of carbonyl (C=O) groups is 1. The molecule has 144 valence electrons. The van der Waals surface area contributed by atoms with Crippen LogP contribution < -0.4 is 15.5 Å². The lowest BCUT2D eigenvalue weighted by Crippen LogP contribution is -2.36. The summed E-state index contributed by atoms with van der Waals surface area (Å²) < 4.78 is 10.4. The monoisotopic (exact) mass is 371 g/mol. The van der Waals surface area contributed by atoms with Crippen LogP contribution >= 0.6 is 0 Å². The molecule has 2 N–H and O–H groups in total. The molecule has 3 rings (SSSR count). The number of methoxy groups -OCH3 is 1. The third-order valence-corrected chi connectivity index (χ3v) is 4.23. The number of anilines is 3. The quantitative estimate of drug-likeness (QED) is 0.684. The molecule has 1 saturated heterocycles. The number of rotatable bonds is 8. The van der Waals surface area contributed by atoms with Gasteiger partial charge in [0.1, 0.15) is 0 Å². The third-order valence-electron chi connectivity index (χ3n) is 4.23. The van der Waals surface area contributed by atoms with Gasteiger partial charge in [0, 0.05) is 45.7 Å². The van der Waals surface area contributed by atoms with Gasteiger partial charge in [-0.3, -0.25) is 4.79 Å². The van der Waals surface area contributed by atoms with Crippen molar-refractivity contribution in [1.29, 1.82) is 0 Å². The maximum atomic E-state index is 12.1. The van der Waals surface area contributed by atoms with Crippen molar-refractivity contribution in [2.24, 2.45) is 0 Å². The Bertz CT molecular complexity index is 732. The summed E-state index contributed by atoms with van der Waals surface area (Å²) in [6.45, 7) is 4.31. The average Bonchev–Trinajstić information content (AvgIpc) is 2.73. The van der Waals surface area contributed by atoms with Gasteiger partial charge in [-0.1, -0.05) is 12.1 Å². The van der Waals surface area contributed by atoms with E-state index in [4.69, 9.17) is 9.47 Å². The van der Waals surface area contributed by atoms with E-state index in [0.29, 0.717) is 24.7 Å². The number of nitrogens with one attached hydrogen (secondary N) is 2. The summed E-state index contributed by atoms with van der Waals surface area (Å²) in [6, 6.07) is 8.03. The highest BCUT2D eigenvalue weighted by molar-refractivity contribution is 5.93. The third kappa shape index (κ3) is 5.38. The summed E-state index contributed by atoms with van der Waals surface area (Å²) >= 11 is 0. The van der Waals surface area contributed by atoms with Crippen molar-refractivity contribution in [3.05, 3.63) is 42.2 Å². The summed E-state index contributed by atoms with van der Waals surface area (Å²) in [4.78, 5) is 22.9. The molecule has 0 spiro atoms. The Morgan fingerprint density at radius 2 is 1.96 bits per heavy atom. The highest BCUT2D eigenvalue weighted by Gasteiger charge is 2.15. The smallest absolute Gasteiger partial charge is 0.254 e. The van der Waals surface area contributed by atoms with E-state index in [-0.39, 0.29) is 5.91 Å². The Labute approximate surface area is 158 Å². The Morgan fingerprint density at radius 3 is 2.70 bits per heavy atom. The molecule has 0 bridgehead atoms. The molecule has 2 aromatic rings. The van der Waals surface area contributed by atoms with Crippen LogP contribution in [0.1, 0.15) is 16.8 Å². The zero-order chi connectivity index (χ0) is 18.9. The van der Waals surface area contributed by atoms with Gasteiger partial charge in [-0.25, -0.2) is 9.97 Å². The predicted molar refractivity (Wildman–Crippen MR) is 104 cm³/mol. The topological polar surface area (TPSA) is 88.6 Å². The summed E-state index contributed by atoms with van der Waals surface area (Å²) in [6.07, 6.45) is 3.82. The van der Waals surface area contributed by atoms with Gasteiger partial charge in [0.25, 0.3) is 5.91 Å². The van der Waals surface area contributed by atoms with Crippen molar-refractivity contribution in [3.8, 4) is 0 Å². The summed E-state index contributed by atoms with van der Waals surface area (Å²) in [5.41, 5.74) is 2.44. The molecule has 1 aliphatic rings. The zero-order valence-electron chi connectivity index (χ0n) is 15.5. The Balaban J connectivity index is 1.62. The Hall–Kier alpha value is -2.71. The maximum absolute atomic E-state index is 12.1. The van der Waals surface area contributed by atoms with Crippen LogP contribution in [0.5, 0.6) is 0 Å². The molecule has 0 atom stereocenters. The van der Waals surface area contributed by atoms with E-state index < -0.39 is 0 Å². The molecule has 0 aliphatic carbocycles. The van der Waals surface area contributed by atoms with Crippen LogP contribution in [0.3, 0.4) is 0 Å². The molecule has 1 aromatic heterocycles. The average molecular weight is 371 g/mol. The fraction of sp³-hybridized carbons (Fsp3) is 0.421. The number of hydrogen-bond donors (Lipinski definition) is 2. The molecule has 8 heteroatoms. The van der Waals surface area contributed by atoms with Crippen molar-refractivity contribution in [1.82, 2.24) is 15.3 Å². The molecule has 0 radical (unpaired) electrons. The number of amides is 1. The Kier molecular flexibility index (Phi) is 6.95. The van der Waals surface area contributed by atoms with Gasteiger partial charge in [-0.2, -0.15) is 0 Å². The minimum Gasteiger partial charge on any atom is -0.385 e. The van der Waals surface area contributed by atoms with Gasteiger partial charge in [0.05, 0.1) is 30.2 Å². The van der Waals surface area contributed by atoms with Crippen LogP contribution in [-0.2, 0) is 9.47 Å². The van der Waals surface area contributed by atoms with Crippen LogP contribution in [0, 0.1) is 0 Å². The number of hydrogen-bond acceptors (Lipinski definition) is 7. The number of morpholine rings is 1. The maximum Gasteiger partial charge on any atom is 0.254 e. The molecular weight excluding hydrogens is 346 g/mol. The molecule has 1 fully saturated rings. The second-order valence-electron chi connectivity index (χ2n) is 6.14. The van der Waals surface area contributed by atoms with Gasteiger partial charge < -0.3 is 25.0 Å². The number of aromatic nitrogens is 2. The minimum atomic E-state index is -0.189. The second kappa shape index (κ2) is 9.84. The fourth-order valence-corrected chi connectivity index (χ4v) is 2.81. The van der Waals surface area contributed by atoms with Crippen molar-refractivity contribution in [3.63, 3.8) is 0 Å². The number of nitrogens with zero attached hydrogens (tertiary/aromatic N) is 3. The largest absolute Gasteiger partial charge is 0.385 e. The van der Waals surface area contributed by atoms with Crippen molar-refractivity contribution in [2.75, 3.05) is 56.8 Å². The normalized spacial score (nSPS) is 14.0. The van der Waals surface area contributed by atoms with Gasteiger partial charge in [0.2, 0.25) is 5.95 Å². The van der Waals surface area contributed by atoms with E-state index in [1.54, 1.807) is 7.11 Å². The van der Waals surface area contributed by atoms with E-state index in [2.05, 4.69) is 31.6 Å². The Morgan fingerprint density at radius 1 is 1.22 bits per heavy atom. The van der Waals surface area contributed by atoms with Crippen LogP contribution in [0.2, 0.25) is 0 Å². The van der Waals surface area contributed by atoms with E-state index in [9.17, 15) is 4.79 Å². The SMILES string of the molecule is COCCCNC(=O)c1cnc(Nc2ccccc2N2CCOCC2)nc1. The first-order valence-corrected chi connectivity index (χ1v) is 9.06. The number of carbonyl (C=O) groups excluding carboxylic acids is 1. The van der Waals surface area contributed by atoms with Crippen LogP contribution in [0.4, 0.5) is 17.3 Å². The first-order valence-electron chi connectivity index (χ1n) is 9.06. The molecule has 2 heterocycles. The van der Waals surface area contributed by atoms with Crippen molar-refractivity contribution >= 4 is 23.2 Å². The van der Waals surface area contributed by atoms with E-state index >= 15 is 0 Å².